The highest BCUT2D eigenvalue weighted by Gasteiger charge is 2.10. The van der Waals surface area contributed by atoms with Crippen molar-refractivity contribution in [2.75, 3.05) is 0 Å². The van der Waals surface area contributed by atoms with Crippen LogP contribution in [0.15, 0.2) is 30.3 Å². The summed E-state index contributed by atoms with van der Waals surface area (Å²) in [6.45, 7) is 1.63. The van der Waals surface area contributed by atoms with Gasteiger partial charge in [0.25, 0.3) is 0 Å². The topological polar surface area (TPSA) is 44.0 Å². The van der Waals surface area contributed by atoms with E-state index in [4.69, 9.17) is 10.8 Å². The van der Waals surface area contributed by atoms with Gasteiger partial charge >= 0.3 is 0 Å². The third kappa shape index (κ3) is 2.03. The maximum Gasteiger partial charge on any atom is 0.0719 e. The summed E-state index contributed by atoms with van der Waals surface area (Å²) in [4.78, 5) is 0. The van der Waals surface area contributed by atoms with Crippen molar-refractivity contribution >= 4 is 0 Å². The lowest BCUT2D eigenvalue weighted by Gasteiger charge is -2.12. The minimum absolute atomic E-state index is 0.517. The van der Waals surface area contributed by atoms with Crippen LogP contribution in [0.3, 0.4) is 0 Å². The number of aliphatic hydroxyl groups is 1. The normalized spacial score (nSPS) is 15.9. The SMILES string of the molecule is CC(O)C([NH])c1ccccc1. The molecule has 0 fully saturated rings. The van der Waals surface area contributed by atoms with Crippen LogP contribution in [0.5, 0.6) is 0 Å². The van der Waals surface area contributed by atoms with E-state index in [2.05, 4.69) is 0 Å². The molecule has 11 heavy (non-hydrogen) atoms. The molecule has 2 nitrogen and oxygen atoms in total. The van der Waals surface area contributed by atoms with Crippen molar-refractivity contribution in [2.24, 2.45) is 0 Å². The quantitative estimate of drug-likeness (QED) is 0.680. The van der Waals surface area contributed by atoms with Crippen LogP contribution in [0.2, 0.25) is 0 Å². The summed E-state index contributed by atoms with van der Waals surface area (Å²) in [7, 11) is 0. The molecule has 0 aromatic heterocycles. The van der Waals surface area contributed by atoms with E-state index in [0.717, 1.165) is 5.56 Å². The van der Waals surface area contributed by atoms with Crippen LogP contribution in [0.4, 0.5) is 0 Å². The average Bonchev–Trinajstić information content (AvgIpc) is 2.05. The predicted molar refractivity (Wildman–Crippen MR) is 44.0 cm³/mol. The Balaban J connectivity index is 2.77. The third-order valence-corrected chi connectivity index (χ3v) is 1.64. The Labute approximate surface area is 66.7 Å². The highest BCUT2D eigenvalue weighted by atomic mass is 16.3. The third-order valence-electron chi connectivity index (χ3n) is 1.64. The number of hydrogen-bond donors (Lipinski definition) is 1. The van der Waals surface area contributed by atoms with Crippen LogP contribution in [0, 0.1) is 0 Å². The summed E-state index contributed by atoms with van der Waals surface area (Å²) in [6, 6.07) is 8.84. The second-order valence-corrected chi connectivity index (χ2v) is 2.63. The first-order valence-corrected chi connectivity index (χ1v) is 3.66. The fourth-order valence-electron chi connectivity index (χ4n) is 0.939. The van der Waals surface area contributed by atoms with Crippen molar-refractivity contribution in [3.05, 3.63) is 35.9 Å². The molecule has 2 atom stereocenters. The van der Waals surface area contributed by atoms with Gasteiger partial charge in [0.1, 0.15) is 0 Å². The van der Waals surface area contributed by atoms with E-state index in [1.807, 2.05) is 30.3 Å². The summed E-state index contributed by atoms with van der Waals surface area (Å²) < 4.78 is 0. The van der Waals surface area contributed by atoms with Crippen molar-refractivity contribution in [1.82, 2.24) is 5.73 Å². The molecule has 0 saturated carbocycles. The van der Waals surface area contributed by atoms with Gasteiger partial charge in [-0.05, 0) is 12.5 Å². The van der Waals surface area contributed by atoms with Crippen molar-refractivity contribution in [1.29, 1.82) is 0 Å². The lowest BCUT2D eigenvalue weighted by atomic mass is 10.0. The van der Waals surface area contributed by atoms with Crippen LogP contribution in [0.1, 0.15) is 18.5 Å². The zero-order valence-corrected chi connectivity index (χ0v) is 6.49. The summed E-state index contributed by atoms with van der Waals surface area (Å²) in [5, 5.41) is 9.09. The second kappa shape index (κ2) is 3.51. The molecule has 2 N–H and O–H groups in total. The minimum atomic E-state index is -0.600. The van der Waals surface area contributed by atoms with Gasteiger partial charge in [-0.25, -0.2) is 5.73 Å². The first kappa shape index (κ1) is 8.24. The zero-order valence-electron chi connectivity index (χ0n) is 6.49. The summed E-state index contributed by atoms with van der Waals surface area (Å²) in [5.74, 6) is 0. The van der Waals surface area contributed by atoms with Crippen LogP contribution < -0.4 is 5.73 Å². The van der Waals surface area contributed by atoms with Crippen molar-refractivity contribution < 1.29 is 5.11 Å². The lowest BCUT2D eigenvalue weighted by Crippen LogP contribution is -2.15. The van der Waals surface area contributed by atoms with Gasteiger partial charge in [-0.2, -0.15) is 0 Å². The largest absolute Gasteiger partial charge is 0.391 e. The van der Waals surface area contributed by atoms with E-state index in [0.29, 0.717) is 0 Å². The van der Waals surface area contributed by atoms with E-state index in [1.165, 1.54) is 0 Å². The molecule has 0 bridgehead atoms. The Morgan fingerprint density at radius 3 is 2.27 bits per heavy atom. The molecule has 2 unspecified atom stereocenters. The molecular weight excluding hydrogens is 138 g/mol. The monoisotopic (exact) mass is 150 g/mol. The van der Waals surface area contributed by atoms with Crippen molar-refractivity contribution in [3.8, 4) is 0 Å². The Morgan fingerprint density at radius 1 is 1.27 bits per heavy atom. The average molecular weight is 150 g/mol. The molecule has 1 aromatic carbocycles. The molecule has 0 aliphatic heterocycles. The molecule has 0 saturated heterocycles. The van der Waals surface area contributed by atoms with Gasteiger partial charge in [0.15, 0.2) is 0 Å². The van der Waals surface area contributed by atoms with Crippen LogP contribution in [-0.2, 0) is 0 Å². The molecule has 0 amide bonds. The molecule has 0 aliphatic rings. The van der Waals surface area contributed by atoms with Gasteiger partial charge < -0.3 is 5.11 Å². The molecule has 1 radical (unpaired) electrons. The fourth-order valence-corrected chi connectivity index (χ4v) is 0.939. The molecule has 0 aliphatic carbocycles. The van der Waals surface area contributed by atoms with Crippen LogP contribution >= 0.6 is 0 Å². The van der Waals surface area contributed by atoms with Crippen LogP contribution in [-0.4, -0.2) is 11.2 Å². The van der Waals surface area contributed by atoms with Crippen molar-refractivity contribution in [3.63, 3.8) is 0 Å². The first-order valence-electron chi connectivity index (χ1n) is 3.66. The number of nitrogens with one attached hydrogen (secondary N) is 1. The molecule has 59 valence electrons. The van der Waals surface area contributed by atoms with Gasteiger partial charge in [-0.15, -0.1) is 0 Å². The van der Waals surface area contributed by atoms with Crippen molar-refractivity contribution in [2.45, 2.75) is 19.1 Å². The highest BCUT2D eigenvalue weighted by molar-refractivity contribution is 5.18. The Bertz CT molecular complexity index is 208. The summed E-state index contributed by atoms with van der Waals surface area (Å²) in [5.41, 5.74) is 8.38. The number of aliphatic hydroxyl groups excluding tert-OH is 1. The molecule has 0 spiro atoms. The summed E-state index contributed by atoms with van der Waals surface area (Å²) >= 11 is 0. The predicted octanol–water partition coefficient (Wildman–Crippen LogP) is 1.39. The lowest BCUT2D eigenvalue weighted by molar-refractivity contribution is 0.161. The molecule has 1 rings (SSSR count). The zero-order chi connectivity index (χ0) is 8.27. The second-order valence-electron chi connectivity index (χ2n) is 2.63. The van der Waals surface area contributed by atoms with E-state index >= 15 is 0 Å². The molecule has 1 aromatic rings. The maximum atomic E-state index is 9.09. The highest BCUT2D eigenvalue weighted by Crippen LogP contribution is 2.14. The maximum absolute atomic E-state index is 9.09. The standard InChI is InChI=1S/C9H12NO/c1-7(11)9(10)8-5-3-2-4-6-8/h2-7,9-11H,1H3. The Kier molecular flexibility index (Phi) is 2.63. The van der Waals surface area contributed by atoms with Gasteiger partial charge in [-0.1, -0.05) is 30.3 Å². The smallest absolute Gasteiger partial charge is 0.0719 e. The van der Waals surface area contributed by atoms with Gasteiger partial charge in [-0.3, -0.25) is 0 Å². The van der Waals surface area contributed by atoms with Gasteiger partial charge in [0.05, 0.1) is 12.1 Å². The first-order chi connectivity index (χ1) is 5.22. The minimum Gasteiger partial charge on any atom is -0.391 e. The Morgan fingerprint density at radius 2 is 1.82 bits per heavy atom. The Hall–Kier alpha value is -0.860. The van der Waals surface area contributed by atoms with E-state index in [1.54, 1.807) is 6.92 Å². The summed E-state index contributed by atoms with van der Waals surface area (Å²) in [6.07, 6.45) is -0.600. The van der Waals surface area contributed by atoms with E-state index in [9.17, 15) is 0 Å². The van der Waals surface area contributed by atoms with Crippen LogP contribution in [0.25, 0.3) is 0 Å². The van der Waals surface area contributed by atoms with Gasteiger partial charge in [0.2, 0.25) is 0 Å². The van der Waals surface area contributed by atoms with Gasteiger partial charge in [0, 0.05) is 0 Å². The number of benzene rings is 1. The molecule has 2 heteroatoms. The molecule has 0 heterocycles. The molecular formula is C9H12NO. The number of rotatable bonds is 2. The fraction of sp³-hybridized carbons (Fsp3) is 0.333. The van der Waals surface area contributed by atoms with E-state index in [-0.39, 0.29) is 0 Å². The van der Waals surface area contributed by atoms with E-state index < -0.39 is 12.1 Å². The number of hydrogen-bond acceptors (Lipinski definition) is 1.